The average Bonchev–Trinajstić information content (AvgIpc) is 3.18. The Hall–Kier alpha value is -1.24. The normalized spacial score (nSPS) is 30.2. The van der Waals surface area contributed by atoms with Crippen LogP contribution in [0, 0.1) is 5.92 Å². The van der Waals surface area contributed by atoms with Gasteiger partial charge in [0.1, 0.15) is 17.0 Å². The van der Waals surface area contributed by atoms with Crippen LogP contribution in [0.1, 0.15) is 42.5 Å². The molecular formula is C17H23N5S. The maximum absolute atomic E-state index is 4.62. The number of aryl methyl sites for hydroxylation is 2. The van der Waals surface area contributed by atoms with E-state index in [4.69, 9.17) is 0 Å². The first-order chi connectivity index (χ1) is 11.4. The van der Waals surface area contributed by atoms with E-state index >= 15 is 0 Å². The van der Waals surface area contributed by atoms with E-state index in [-0.39, 0.29) is 0 Å². The number of hydrazine groups is 1. The summed E-state index contributed by atoms with van der Waals surface area (Å²) in [6.45, 7) is 1.09. The summed E-state index contributed by atoms with van der Waals surface area (Å²) < 4.78 is 0. The molecule has 2 fully saturated rings. The summed E-state index contributed by atoms with van der Waals surface area (Å²) in [6, 6.07) is 1.20. The summed E-state index contributed by atoms with van der Waals surface area (Å²) in [5, 5.41) is 5.09. The molecule has 0 bridgehead atoms. The molecule has 0 spiro atoms. The van der Waals surface area contributed by atoms with Crippen molar-refractivity contribution in [1.29, 1.82) is 0 Å². The predicted molar refractivity (Wildman–Crippen MR) is 93.7 cm³/mol. The molecule has 122 valence electrons. The van der Waals surface area contributed by atoms with Gasteiger partial charge in [-0.1, -0.05) is 0 Å². The number of nitrogens with zero attached hydrogens (tertiary/aromatic N) is 2. The van der Waals surface area contributed by atoms with E-state index in [1.54, 1.807) is 11.2 Å². The molecule has 0 aromatic carbocycles. The van der Waals surface area contributed by atoms with E-state index in [0.29, 0.717) is 12.1 Å². The lowest BCUT2D eigenvalue weighted by Gasteiger charge is -2.31. The predicted octanol–water partition coefficient (Wildman–Crippen LogP) is 2.63. The SMILES string of the molecule is c1nc(NC2CCC3NNCC3C2)c2c3c(sc2n1)CCCC3. The lowest BCUT2D eigenvalue weighted by atomic mass is 9.83. The van der Waals surface area contributed by atoms with E-state index in [1.807, 2.05) is 11.3 Å². The first kappa shape index (κ1) is 14.1. The van der Waals surface area contributed by atoms with Gasteiger partial charge in [0.05, 0.1) is 5.39 Å². The smallest absolute Gasteiger partial charge is 0.138 e. The van der Waals surface area contributed by atoms with Crippen molar-refractivity contribution >= 4 is 27.4 Å². The van der Waals surface area contributed by atoms with E-state index in [1.165, 1.54) is 60.7 Å². The van der Waals surface area contributed by atoms with Crippen LogP contribution >= 0.6 is 11.3 Å². The third-order valence-corrected chi connectivity index (χ3v) is 6.93. The number of nitrogens with one attached hydrogen (secondary N) is 3. The molecule has 3 N–H and O–H groups in total. The minimum absolute atomic E-state index is 0.537. The molecule has 23 heavy (non-hydrogen) atoms. The molecule has 0 amide bonds. The summed E-state index contributed by atoms with van der Waals surface area (Å²) in [5.74, 6) is 1.83. The zero-order chi connectivity index (χ0) is 15.2. The van der Waals surface area contributed by atoms with Gasteiger partial charge in [-0.25, -0.2) is 9.97 Å². The molecule has 2 aromatic heterocycles. The highest BCUT2D eigenvalue weighted by Crippen LogP contribution is 2.39. The third-order valence-electron chi connectivity index (χ3n) is 5.73. The maximum atomic E-state index is 4.62. The maximum Gasteiger partial charge on any atom is 0.138 e. The van der Waals surface area contributed by atoms with Crippen molar-refractivity contribution < 1.29 is 0 Å². The Bertz CT molecular complexity index is 727. The first-order valence-corrected chi connectivity index (χ1v) is 9.70. The molecule has 1 saturated carbocycles. The molecule has 3 unspecified atom stereocenters. The van der Waals surface area contributed by atoms with Crippen LogP contribution in [-0.2, 0) is 12.8 Å². The molecule has 0 radical (unpaired) electrons. The molecule has 1 saturated heterocycles. The van der Waals surface area contributed by atoms with Crippen LogP contribution in [0.4, 0.5) is 5.82 Å². The Labute approximate surface area is 140 Å². The van der Waals surface area contributed by atoms with Gasteiger partial charge in [0, 0.05) is 23.5 Å². The van der Waals surface area contributed by atoms with E-state index in [0.717, 1.165) is 18.3 Å². The van der Waals surface area contributed by atoms with Crippen molar-refractivity contribution in [1.82, 2.24) is 20.8 Å². The van der Waals surface area contributed by atoms with Crippen LogP contribution in [0.3, 0.4) is 0 Å². The minimum Gasteiger partial charge on any atom is -0.367 e. The molecule has 5 rings (SSSR count). The van der Waals surface area contributed by atoms with Gasteiger partial charge in [-0.05, 0) is 56.4 Å². The average molecular weight is 329 g/mol. The zero-order valence-electron chi connectivity index (χ0n) is 13.3. The fraction of sp³-hybridized carbons (Fsp3) is 0.647. The standard InChI is InChI=1S/C17H23N5S/c1-2-4-14-12(3-1)15-16(18-9-19-17(15)23-14)21-11-5-6-13-10(7-11)8-20-22-13/h9-11,13,20,22H,1-8H2,(H,18,19,21). The monoisotopic (exact) mass is 329 g/mol. The Morgan fingerprint density at radius 3 is 3.13 bits per heavy atom. The van der Waals surface area contributed by atoms with Gasteiger partial charge >= 0.3 is 0 Å². The van der Waals surface area contributed by atoms with Gasteiger partial charge in [-0.2, -0.15) is 0 Å². The van der Waals surface area contributed by atoms with E-state index in [2.05, 4.69) is 26.1 Å². The van der Waals surface area contributed by atoms with Crippen molar-refractivity contribution in [2.45, 2.75) is 57.0 Å². The molecule has 5 nitrogen and oxygen atoms in total. The molecule has 3 atom stereocenters. The van der Waals surface area contributed by atoms with Crippen molar-refractivity contribution in [3.63, 3.8) is 0 Å². The fourth-order valence-corrected chi connectivity index (χ4v) is 5.75. The van der Waals surface area contributed by atoms with E-state index < -0.39 is 0 Å². The highest BCUT2D eigenvalue weighted by Gasteiger charge is 2.34. The molecule has 6 heteroatoms. The number of fused-ring (bicyclic) bond motifs is 4. The van der Waals surface area contributed by atoms with Gasteiger partial charge in [0.25, 0.3) is 0 Å². The summed E-state index contributed by atoms with van der Waals surface area (Å²) in [6.07, 6.45) is 10.5. The Kier molecular flexibility index (Phi) is 3.49. The van der Waals surface area contributed by atoms with Crippen LogP contribution in [0.5, 0.6) is 0 Å². The summed E-state index contributed by atoms with van der Waals surface area (Å²) >= 11 is 1.88. The highest BCUT2D eigenvalue weighted by molar-refractivity contribution is 7.19. The molecule has 3 heterocycles. The Morgan fingerprint density at radius 1 is 1.17 bits per heavy atom. The fourth-order valence-electron chi connectivity index (χ4n) is 4.52. The molecule has 2 aliphatic carbocycles. The Morgan fingerprint density at radius 2 is 2.13 bits per heavy atom. The van der Waals surface area contributed by atoms with E-state index in [9.17, 15) is 0 Å². The van der Waals surface area contributed by atoms with Gasteiger partial charge in [0.15, 0.2) is 0 Å². The number of thiophene rings is 1. The number of aromatic nitrogens is 2. The van der Waals surface area contributed by atoms with Crippen LogP contribution in [0.15, 0.2) is 6.33 Å². The Balaban J connectivity index is 1.45. The van der Waals surface area contributed by atoms with Crippen LogP contribution < -0.4 is 16.2 Å². The lowest BCUT2D eigenvalue weighted by Crippen LogP contribution is -2.39. The third kappa shape index (κ3) is 2.44. The zero-order valence-corrected chi connectivity index (χ0v) is 14.1. The topological polar surface area (TPSA) is 61.9 Å². The number of rotatable bonds is 2. The molecule has 3 aliphatic rings. The van der Waals surface area contributed by atoms with Crippen molar-refractivity contribution in [3.8, 4) is 0 Å². The first-order valence-electron chi connectivity index (χ1n) is 8.88. The van der Waals surface area contributed by atoms with Crippen molar-refractivity contribution in [3.05, 3.63) is 16.8 Å². The quantitative estimate of drug-likeness (QED) is 0.791. The molecular weight excluding hydrogens is 306 g/mol. The van der Waals surface area contributed by atoms with Crippen molar-refractivity contribution in [2.75, 3.05) is 11.9 Å². The lowest BCUT2D eigenvalue weighted by molar-refractivity contribution is 0.314. The van der Waals surface area contributed by atoms with Gasteiger partial charge in [-0.3, -0.25) is 10.9 Å². The molecule has 2 aromatic rings. The summed E-state index contributed by atoms with van der Waals surface area (Å²) in [4.78, 5) is 11.9. The second kappa shape index (κ2) is 5.69. The second-order valence-corrected chi connectivity index (χ2v) is 8.24. The van der Waals surface area contributed by atoms with Gasteiger partial charge in [-0.15, -0.1) is 11.3 Å². The van der Waals surface area contributed by atoms with Crippen molar-refractivity contribution in [2.24, 2.45) is 5.92 Å². The van der Waals surface area contributed by atoms with Crippen LogP contribution in [0.2, 0.25) is 0 Å². The second-order valence-electron chi connectivity index (χ2n) is 7.16. The highest BCUT2D eigenvalue weighted by atomic mass is 32.1. The minimum atomic E-state index is 0.537. The number of anilines is 1. The van der Waals surface area contributed by atoms with Crippen LogP contribution in [0.25, 0.3) is 10.2 Å². The summed E-state index contributed by atoms with van der Waals surface area (Å²) in [7, 11) is 0. The molecule has 1 aliphatic heterocycles. The number of hydrogen-bond acceptors (Lipinski definition) is 6. The van der Waals surface area contributed by atoms with Gasteiger partial charge < -0.3 is 5.32 Å². The van der Waals surface area contributed by atoms with Gasteiger partial charge in [0.2, 0.25) is 0 Å². The number of hydrogen-bond donors (Lipinski definition) is 3. The van der Waals surface area contributed by atoms with Crippen LogP contribution in [-0.4, -0.2) is 28.6 Å². The summed E-state index contributed by atoms with van der Waals surface area (Å²) in [5.41, 5.74) is 8.25. The largest absolute Gasteiger partial charge is 0.367 e.